The van der Waals surface area contributed by atoms with Gasteiger partial charge in [0.1, 0.15) is 6.54 Å². The highest BCUT2D eigenvalue weighted by atomic mass is 35.5. The monoisotopic (exact) mass is 476 g/mol. The summed E-state index contributed by atoms with van der Waals surface area (Å²) in [6.07, 6.45) is 0. The fourth-order valence-electron chi connectivity index (χ4n) is 2.96. The van der Waals surface area contributed by atoms with E-state index in [0.29, 0.717) is 22.3 Å². The van der Waals surface area contributed by atoms with Crippen molar-refractivity contribution in [1.29, 1.82) is 0 Å². The first-order chi connectivity index (χ1) is 14.7. The molecule has 0 aromatic heterocycles. The van der Waals surface area contributed by atoms with Crippen molar-refractivity contribution >= 4 is 44.8 Å². The lowest BCUT2D eigenvalue weighted by molar-refractivity contribution is -0.128. The van der Waals surface area contributed by atoms with Crippen molar-refractivity contribution in [1.82, 2.24) is 4.90 Å². The molecule has 0 aliphatic heterocycles. The molecule has 0 heterocycles. The van der Waals surface area contributed by atoms with Crippen LogP contribution in [0.25, 0.3) is 0 Å². The summed E-state index contributed by atoms with van der Waals surface area (Å²) in [6.45, 7) is 1.91. The van der Waals surface area contributed by atoms with Crippen LogP contribution in [0.3, 0.4) is 0 Å². The van der Waals surface area contributed by atoms with Gasteiger partial charge in [0.2, 0.25) is 5.91 Å². The van der Waals surface area contributed by atoms with E-state index >= 15 is 0 Å². The highest BCUT2D eigenvalue weighted by molar-refractivity contribution is 7.92. The molecule has 31 heavy (non-hydrogen) atoms. The van der Waals surface area contributed by atoms with Gasteiger partial charge in [-0.05, 0) is 61.0 Å². The molecule has 3 aromatic rings. The van der Waals surface area contributed by atoms with E-state index in [2.05, 4.69) is 0 Å². The summed E-state index contributed by atoms with van der Waals surface area (Å²) in [5, 5.41) is 1.04. The summed E-state index contributed by atoms with van der Waals surface area (Å²) in [6, 6.07) is 20.0. The summed E-state index contributed by atoms with van der Waals surface area (Å²) in [5.74, 6) is -0.340. The summed E-state index contributed by atoms with van der Waals surface area (Å²) in [4.78, 5) is 14.5. The predicted molar refractivity (Wildman–Crippen MR) is 125 cm³/mol. The number of carbonyl (C=O) groups is 1. The first-order valence-corrected chi connectivity index (χ1v) is 11.7. The summed E-state index contributed by atoms with van der Waals surface area (Å²) >= 11 is 11.8. The third kappa shape index (κ3) is 5.79. The van der Waals surface area contributed by atoms with Gasteiger partial charge >= 0.3 is 0 Å². The van der Waals surface area contributed by atoms with Crippen LogP contribution in [0.15, 0.2) is 77.7 Å². The van der Waals surface area contributed by atoms with E-state index < -0.39 is 10.0 Å². The molecule has 0 saturated heterocycles. The molecule has 0 saturated carbocycles. The summed E-state index contributed by atoms with van der Waals surface area (Å²) in [5.41, 5.74) is 2.29. The Morgan fingerprint density at radius 3 is 1.90 bits per heavy atom. The molecule has 0 atom stereocenters. The lowest BCUT2D eigenvalue weighted by Gasteiger charge is -2.27. The van der Waals surface area contributed by atoms with Crippen molar-refractivity contribution < 1.29 is 13.2 Å². The molecule has 0 fully saturated rings. The van der Waals surface area contributed by atoms with Crippen molar-refractivity contribution in [3.05, 3.63) is 94.0 Å². The number of carbonyl (C=O) groups excluding carboxylic acids is 1. The number of amides is 1. The SMILES string of the molecule is Cc1ccc(N(CC(=O)N(C)Cc2ccc(Cl)cc2)S(=O)(=O)c2ccc(Cl)cc2)cc1. The Labute approximate surface area is 192 Å². The van der Waals surface area contributed by atoms with Crippen LogP contribution in [0.4, 0.5) is 5.69 Å². The fourth-order valence-corrected chi connectivity index (χ4v) is 4.62. The van der Waals surface area contributed by atoms with Gasteiger partial charge in [0.05, 0.1) is 10.6 Å². The van der Waals surface area contributed by atoms with E-state index in [-0.39, 0.29) is 17.3 Å². The first-order valence-electron chi connectivity index (χ1n) is 9.50. The van der Waals surface area contributed by atoms with Gasteiger partial charge in [-0.25, -0.2) is 8.42 Å². The van der Waals surface area contributed by atoms with Crippen LogP contribution >= 0.6 is 23.2 Å². The standard InChI is InChI=1S/C23H22Cl2N2O3S/c1-17-3-11-21(12-4-17)27(31(29,30)22-13-9-20(25)10-14-22)16-23(28)26(2)15-18-5-7-19(24)8-6-18/h3-14H,15-16H2,1-2H3. The Hall–Kier alpha value is -2.54. The number of anilines is 1. The van der Waals surface area contributed by atoms with Crippen LogP contribution in [0, 0.1) is 6.92 Å². The van der Waals surface area contributed by atoms with Gasteiger partial charge in [0.25, 0.3) is 10.0 Å². The lowest BCUT2D eigenvalue weighted by atomic mass is 10.2. The van der Waals surface area contributed by atoms with Gasteiger partial charge in [0.15, 0.2) is 0 Å². The number of halogens is 2. The number of aryl methyl sites for hydroxylation is 1. The molecule has 8 heteroatoms. The average Bonchev–Trinajstić information content (AvgIpc) is 2.74. The minimum atomic E-state index is -3.98. The Bertz CT molecular complexity index is 1150. The zero-order valence-electron chi connectivity index (χ0n) is 17.1. The number of sulfonamides is 1. The number of hydrogen-bond donors (Lipinski definition) is 0. The second-order valence-corrected chi connectivity index (χ2v) is 9.91. The second kappa shape index (κ2) is 9.73. The van der Waals surface area contributed by atoms with E-state index in [1.165, 1.54) is 29.2 Å². The highest BCUT2D eigenvalue weighted by Crippen LogP contribution is 2.25. The molecule has 3 rings (SSSR count). The lowest BCUT2D eigenvalue weighted by Crippen LogP contribution is -2.41. The van der Waals surface area contributed by atoms with Crippen molar-refractivity contribution in [2.24, 2.45) is 0 Å². The smallest absolute Gasteiger partial charge is 0.264 e. The Kier molecular flexibility index (Phi) is 7.26. The summed E-state index contributed by atoms with van der Waals surface area (Å²) < 4.78 is 27.9. The van der Waals surface area contributed by atoms with Gasteiger partial charge in [-0.2, -0.15) is 0 Å². The number of rotatable bonds is 7. The van der Waals surface area contributed by atoms with Crippen LogP contribution in [-0.2, 0) is 21.4 Å². The van der Waals surface area contributed by atoms with Crippen LogP contribution in [0.2, 0.25) is 10.0 Å². The zero-order valence-corrected chi connectivity index (χ0v) is 19.5. The van der Waals surface area contributed by atoms with Crippen molar-refractivity contribution in [3.63, 3.8) is 0 Å². The van der Waals surface area contributed by atoms with Crippen LogP contribution in [0.1, 0.15) is 11.1 Å². The molecule has 0 bridgehead atoms. The maximum Gasteiger partial charge on any atom is 0.264 e. The Balaban J connectivity index is 1.89. The molecule has 5 nitrogen and oxygen atoms in total. The number of likely N-dealkylation sites (N-methyl/N-ethyl adjacent to an activating group) is 1. The molecular formula is C23H22Cl2N2O3S. The Morgan fingerprint density at radius 2 is 1.35 bits per heavy atom. The maximum atomic E-state index is 13.4. The van der Waals surface area contributed by atoms with Gasteiger partial charge < -0.3 is 4.90 Å². The third-order valence-electron chi connectivity index (χ3n) is 4.76. The second-order valence-electron chi connectivity index (χ2n) is 7.18. The van der Waals surface area contributed by atoms with Crippen LogP contribution in [0.5, 0.6) is 0 Å². The van der Waals surface area contributed by atoms with Gasteiger partial charge in [0, 0.05) is 23.6 Å². The molecule has 0 aliphatic carbocycles. The van der Waals surface area contributed by atoms with Crippen LogP contribution in [-0.4, -0.2) is 32.8 Å². The predicted octanol–water partition coefficient (Wildman–Crippen LogP) is 5.16. The van der Waals surface area contributed by atoms with E-state index in [9.17, 15) is 13.2 Å². The minimum absolute atomic E-state index is 0.0608. The summed E-state index contributed by atoms with van der Waals surface area (Å²) in [7, 11) is -2.34. The number of benzene rings is 3. The molecule has 3 aromatic carbocycles. The van der Waals surface area contributed by atoms with E-state index in [1.807, 2.05) is 31.2 Å². The number of hydrogen-bond acceptors (Lipinski definition) is 3. The van der Waals surface area contributed by atoms with E-state index in [0.717, 1.165) is 15.4 Å². The fraction of sp³-hybridized carbons (Fsp3) is 0.174. The van der Waals surface area contributed by atoms with Gasteiger partial charge in [-0.3, -0.25) is 9.10 Å². The molecule has 1 amide bonds. The normalized spacial score (nSPS) is 11.2. The molecule has 0 unspecified atom stereocenters. The van der Waals surface area contributed by atoms with Crippen molar-refractivity contribution in [2.45, 2.75) is 18.4 Å². The Morgan fingerprint density at radius 1 is 0.839 bits per heavy atom. The number of nitrogens with zero attached hydrogens (tertiary/aromatic N) is 2. The van der Waals surface area contributed by atoms with E-state index in [4.69, 9.17) is 23.2 Å². The molecule has 0 aliphatic rings. The molecular weight excluding hydrogens is 455 g/mol. The van der Waals surface area contributed by atoms with Gasteiger partial charge in [-0.15, -0.1) is 0 Å². The molecule has 0 radical (unpaired) electrons. The average molecular weight is 477 g/mol. The third-order valence-corrected chi connectivity index (χ3v) is 7.05. The first kappa shape index (κ1) is 23.1. The van der Waals surface area contributed by atoms with E-state index in [1.54, 1.807) is 31.3 Å². The minimum Gasteiger partial charge on any atom is -0.340 e. The van der Waals surface area contributed by atoms with Crippen molar-refractivity contribution in [3.8, 4) is 0 Å². The molecule has 0 spiro atoms. The maximum absolute atomic E-state index is 13.4. The van der Waals surface area contributed by atoms with Gasteiger partial charge in [-0.1, -0.05) is 53.0 Å². The highest BCUT2D eigenvalue weighted by Gasteiger charge is 2.28. The topological polar surface area (TPSA) is 57.7 Å². The largest absolute Gasteiger partial charge is 0.340 e. The molecule has 0 N–H and O–H groups in total. The van der Waals surface area contributed by atoms with Crippen LogP contribution < -0.4 is 4.31 Å². The quantitative estimate of drug-likeness (QED) is 0.473. The molecule has 162 valence electrons. The zero-order chi connectivity index (χ0) is 22.6. The van der Waals surface area contributed by atoms with Crippen molar-refractivity contribution in [2.75, 3.05) is 17.9 Å².